The van der Waals surface area contributed by atoms with Gasteiger partial charge in [0.2, 0.25) is 0 Å². The monoisotopic (exact) mass is 530 g/mol. The number of hydrogen-bond acceptors (Lipinski definition) is 7. The summed E-state index contributed by atoms with van der Waals surface area (Å²) >= 11 is 5.64. The molecule has 7 nitrogen and oxygen atoms in total. The molecule has 37 heavy (non-hydrogen) atoms. The Morgan fingerprint density at radius 2 is 1.16 bits per heavy atom. The van der Waals surface area contributed by atoms with Crippen molar-refractivity contribution in [2.45, 2.75) is 51.4 Å². The zero-order valence-corrected chi connectivity index (χ0v) is 21.9. The number of hydrogen-bond donors (Lipinski definition) is 0. The highest BCUT2D eigenvalue weighted by molar-refractivity contribution is 6.17. The van der Waals surface area contributed by atoms with E-state index in [1.54, 1.807) is 48.5 Å². The molecule has 0 unspecified atom stereocenters. The maximum atomic E-state index is 12.4. The Balaban J connectivity index is 1.66. The van der Waals surface area contributed by atoms with Gasteiger partial charge >= 0.3 is 17.9 Å². The topological polar surface area (TPSA) is 88.1 Å². The second-order valence-corrected chi connectivity index (χ2v) is 8.69. The highest BCUT2D eigenvalue weighted by Gasteiger charge is 2.11. The molecule has 0 aliphatic heterocycles. The molecule has 2 aromatic rings. The van der Waals surface area contributed by atoms with Crippen molar-refractivity contribution in [3.63, 3.8) is 0 Å². The van der Waals surface area contributed by atoms with E-state index in [0.717, 1.165) is 57.4 Å². The van der Waals surface area contributed by atoms with Crippen molar-refractivity contribution >= 4 is 29.5 Å². The van der Waals surface area contributed by atoms with E-state index < -0.39 is 17.9 Å². The molecule has 0 radical (unpaired) electrons. The maximum absolute atomic E-state index is 12.4. The summed E-state index contributed by atoms with van der Waals surface area (Å²) < 4.78 is 21.3. The number of rotatable bonds is 18. The molecule has 0 heterocycles. The van der Waals surface area contributed by atoms with Crippen molar-refractivity contribution in [2.75, 3.05) is 25.7 Å². The largest absolute Gasteiger partial charge is 0.494 e. The molecule has 0 saturated heterocycles. The van der Waals surface area contributed by atoms with E-state index in [-0.39, 0.29) is 0 Å². The van der Waals surface area contributed by atoms with Crippen LogP contribution in [-0.2, 0) is 14.3 Å². The predicted octanol–water partition coefficient (Wildman–Crippen LogP) is 6.53. The molecule has 0 amide bonds. The van der Waals surface area contributed by atoms with Crippen LogP contribution in [0.4, 0.5) is 0 Å². The van der Waals surface area contributed by atoms with E-state index in [9.17, 15) is 14.4 Å². The summed E-state index contributed by atoms with van der Waals surface area (Å²) in [6.07, 6.45) is 8.50. The van der Waals surface area contributed by atoms with Crippen molar-refractivity contribution < 1.29 is 33.3 Å². The van der Waals surface area contributed by atoms with Crippen molar-refractivity contribution in [1.29, 1.82) is 0 Å². The average Bonchev–Trinajstić information content (AvgIpc) is 2.92. The number of alkyl halides is 1. The Kier molecular flexibility index (Phi) is 14.6. The zero-order chi connectivity index (χ0) is 26.7. The van der Waals surface area contributed by atoms with Gasteiger partial charge in [-0.1, -0.05) is 19.4 Å². The van der Waals surface area contributed by atoms with Gasteiger partial charge in [-0.15, -0.1) is 11.6 Å². The van der Waals surface area contributed by atoms with Crippen LogP contribution in [0.3, 0.4) is 0 Å². The second kappa shape index (κ2) is 18.0. The predicted molar refractivity (Wildman–Crippen MR) is 142 cm³/mol. The molecule has 8 heteroatoms. The first-order chi connectivity index (χ1) is 18.0. The molecular formula is C29H35ClO7. The quantitative estimate of drug-likeness (QED) is 0.0711. The third kappa shape index (κ3) is 12.5. The number of ether oxygens (including phenoxy) is 4. The molecule has 2 rings (SSSR count). The average molecular weight is 531 g/mol. The van der Waals surface area contributed by atoms with Gasteiger partial charge in [0.25, 0.3) is 0 Å². The molecule has 0 aliphatic carbocycles. The number of esters is 3. The molecule has 0 aromatic heterocycles. The Morgan fingerprint density at radius 1 is 0.649 bits per heavy atom. The maximum Gasteiger partial charge on any atom is 0.343 e. The van der Waals surface area contributed by atoms with Crippen LogP contribution in [0, 0.1) is 0 Å². The number of benzene rings is 2. The zero-order valence-electron chi connectivity index (χ0n) is 21.1. The lowest BCUT2D eigenvalue weighted by atomic mass is 10.2. The highest BCUT2D eigenvalue weighted by Crippen LogP contribution is 2.18. The summed E-state index contributed by atoms with van der Waals surface area (Å²) in [6, 6.07) is 13.0. The SMILES string of the molecule is C=CC(=O)OCCCCCCOc1ccc(C(=O)Oc2ccc(C(=O)OCCCCCCCl)cc2)cc1. The molecule has 0 saturated carbocycles. The van der Waals surface area contributed by atoms with Gasteiger partial charge in [-0.05, 0) is 87.1 Å². The van der Waals surface area contributed by atoms with E-state index in [4.69, 9.17) is 30.5 Å². The summed E-state index contributed by atoms with van der Waals surface area (Å²) in [7, 11) is 0. The van der Waals surface area contributed by atoms with Crippen LogP contribution in [0.5, 0.6) is 11.5 Å². The lowest BCUT2D eigenvalue weighted by Crippen LogP contribution is -2.09. The smallest absolute Gasteiger partial charge is 0.343 e. The Labute approximate surface area is 223 Å². The van der Waals surface area contributed by atoms with Gasteiger partial charge in [0.05, 0.1) is 30.9 Å². The summed E-state index contributed by atoms with van der Waals surface area (Å²) in [4.78, 5) is 35.5. The fraction of sp³-hybridized carbons (Fsp3) is 0.414. The standard InChI is InChI=1S/C29H35ClO7/c1-2-27(31)35-21-9-6-5-8-20-34-25-15-11-24(12-16-25)29(33)37-26-17-13-23(14-18-26)28(32)36-22-10-4-3-7-19-30/h2,11-18H,1,3-10,19-22H2. The first kappa shape index (κ1) is 29.9. The van der Waals surface area contributed by atoms with E-state index in [0.29, 0.717) is 48.3 Å². The van der Waals surface area contributed by atoms with Gasteiger partial charge in [-0.3, -0.25) is 0 Å². The third-order valence-electron chi connectivity index (χ3n) is 5.37. The van der Waals surface area contributed by atoms with Gasteiger partial charge in [0, 0.05) is 12.0 Å². The van der Waals surface area contributed by atoms with E-state index >= 15 is 0 Å². The van der Waals surface area contributed by atoms with Crippen molar-refractivity contribution in [1.82, 2.24) is 0 Å². The Bertz CT molecular complexity index is 971. The molecule has 200 valence electrons. The number of unbranched alkanes of at least 4 members (excludes halogenated alkanes) is 6. The number of carbonyl (C=O) groups is 3. The minimum atomic E-state index is -0.504. The molecule has 0 fully saturated rings. The van der Waals surface area contributed by atoms with Crippen LogP contribution in [-0.4, -0.2) is 43.6 Å². The van der Waals surface area contributed by atoms with Crippen LogP contribution in [0.25, 0.3) is 0 Å². The van der Waals surface area contributed by atoms with Crippen molar-refractivity contribution in [2.24, 2.45) is 0 Å². The van der Waals surface area contributed by atoms with Gasteiger partial charge in [-0.25, -0.2) is 14.4 Å². The Morgan fingerprint density at radius 3 is 1.76 bits per heavy atom. The van der Waals surface area contributed by atoms with Gasteiger partial charge in [0.1, 0.15) is 11.5 Å². The second-order valence-electron chi connectivity index (χ2n) is 8.31. The number of halogens is 1. The first-order valence-electron chi connectivity index (χ1n) is 12.6. The van der Waals surface area contributed by atoms with Crippen molar-refractivity contribution in [3.05, 3.63) is 72.3 Å². The molecule has 0 aliphatic rings. The molecule has 2 aromatic carbocycles. The molecule has 0 bridgehead atoms. The van der Waals surface area contributed by atoms with Gasteiger partial charge in [0.15, 0.2) is 0 Å². The summed E-state index contributed by atoms with van der Waals surface area (Å²) in [5, 5.41) is 0. The minimum Gasteiger partial charge on any atom is -0.494 e. The fourth-order valence-electron chi connectivity index (χ4n) is 3.29. The molecule has 0 spiro atoms. The van der Waals surface area contributed by atoms with E-state index in [1.807, 2.05) is 0 Å². The first-order valence-corrected chi connectivity index (χ1v) is 13.1. The van der Waals surface area contributed by atoms with Crippen LogP contribution < -0.4 is 9.47 Å². The lowest BCUT2D eigenvalue weighted by molar-refractivity contribution is -0.137. The van der Waals surface area contributed by atoms with Crippen LogP contribution in [0.15, 0.2) is 61.2 Å². The van der Waals surface area contributed by atoms with Gasteiger partial charge in [-0.2, -0.15) is 0 Å². The van der Waals surface area contributed by atoms with Gasteiger partial charge < -0.3 is 18.9 Å². The van der Waals surface area contributed by atoms with Crippen molar-refractivity contribution in [3.8, 4) is 11.5 Å². The third-order valence-corrected chi connectivity index (χ3v) is 5.64. The summed E-state index contributed by atoms with van der Waals surface area (Å²) in [5.41, 5.74) is 0.789. The fourth-order valence-corrected chi connectivity index (χ4v) is 3.48. The summed E-state index contributed by atoms with van der Waals surface area (Å²) in [6.45, 7) is 4.67. The summed E-state index contributed by atoms with van der Waals surface area (Å²) in [5.74, 6) is 0.347. The molecule has 0 N–H and O–H groups in total. The number of carbonyl (C=O) groups excluding carboxylic acids is 3. The molecule has 0 atom stereocenters. The normalized spacial score (nSPS) is 10.4. The van der Waals surface area contributed by atoms with Crippen LogP contribution in [0.1, 0.15) is 72.1 Å². The van der Waals surface area contributed by atoms with Crippen LogP contribution in [0.2, 0.25) is 0 Å². The minimum absolute atomic E-state index is 0.335. The molecular weight excluding hydrogens is 496 g/mol. The van der Waals surface area contributed by atoms with E-state index in [2.05, 4.69) is 6.58 Å². The highest BCUT2D eigenvalue weighted by atomic mass is 35.5. The van der Waals surface area contributed by atoms with Crippen LogP contribution >= 0.6 is 11.6 Å². The Hall–Kier alpha value is -3.32. The lowest BCUT2D eigenvalue weighted by Gasteiger charge is -2.08. The van der Waals surface area contributed by atoms with E-state index in [1.165, 1.54) is 0 Å².